The fraction of sp³-hybridized carbons (Fsp3) is 0.182. The van der Waals surface area contributed by atoms with E-state index in [-0.39, 0.29) is 11.1 Å². The summed E-state index contributed by atoms with van der Waals surface area (Å²) < 4.78 is 31.7. The van der Waals surface area contributed by atoms with Gasteiger partial charge in [0.15, 0.2) is 0 Å². The quantitative estimate of drug-likeness (QED) is 0.499. The molecule has 11 heteroatoms. The number of aromatic amines is 1. The van der Waals surface area contributed by atoms with Crippen molar-refractivity contribution in [2.75, 3.05) is 11.4 Å². The van der Waals surface area contributed by atoms with E-state index in [4.69, 9.17) is 21.4 Å². The number of aromatic carboxylic acids is 1. The van der Waals surface area contributed by atoms with E-state index >= 15 is 0 Å². The zero-order valence-electron chi connectivity index (χ0n) is 17.2. The predicted molar refractivity (Wildman–Crippen MR) is 114 cm³/mol. The first-order chi connectivity index (χ1) is 15.4. The van der Waals surface area contributed by atoms with E-state index in [2.05, 4.69) is 15.9 Å². The number of halogens is 3. The first-order valence-electron chi connectivity index (χ1n) is 9.23. The molecule has 33 heavy (non-hydrogen) atoms. The van der Waals surface area contributed by atoms with E-state index in [0.29, 0.717) is 29.8 Å². The molecule has 0 saturated carbocycles. The van der Waals surface area contributed by atoms with Gasteiger partial charge in [0.2, 0.25) is 0 Å². The van der Waals surface area contributed by atoms with Crippen molar-refractivity contribution in [1.29, 1.82) is 0 Å². The number of fused-ring (bicyclic) bond motifs is 1. The first kappa shape index (κ1) is 24.9. The molecule has 0 aliphatic rings. The van der Waals surface area contributed by atoms with Gasteiger partial charge in [-0.2, -0.15) is 13.2 Å². The van der Waals surface area contributed by atoms with Gasteiger partial charge in [-0.05, 0) is 48.9 Å². The fourth-order valence-corrected chi connectivity index (χ4v) is 2.79. The molecule has 0 spiro atoms. The zero-order valence-corrected chi connectivity index (χ0v) is 17.2. The fourth-order valence-electron chi connectivity index (χ4n) is 2.79. The Morgan fingerprint density at radius 1 is 1.15 bits per heavy atom. The van der Waals surface area contributed by atoms with Crippen LogP contribution in [0, 0.1) is 19.3 Å². The Balaban J connectivity index is 0.000000479. The number of carbonyl (C=O) groups is 2. The summed E-state index contributed by atoms with van der Waals surface area (Å²) in [7, 11) is 0. The number of terminal acetylenes is 1. The van der Waals surface area contributed by atoms with Crippen molar-refractivity contribution in [1.82, 2.24) is 9.97 Å². The summed E-state index contributed by atoms with van der Waals surface area (Å²) in [4.78, 5) is 41.0. The van der Waals surface area contributed by atoms with Crippen molar-refractivity contribution in [3.8, 4) is 12.3 Å². The Morgan fingerprint density at radius 2 is 1.76 bits per heavy atom. The van der Waals surface area contributed by atoms with Crippen LogP contribution in [0.25, 0.3) is 10.9 Å². The lowest BCUT2D eigenvalue weighted by atomic mass is 10.1. The molecule has 0 saturated heterocycles. The van der Waals surface area contributed by atoms with Gasteiger partial charge < -0.3 is 20.1 Å². The Kier molecular flexibility index (Phi) is 7.80. The molecule has 0 aliphatic carbocycles. The highest BCUT2D eigenvalue weighted by Crippen LogP contribution is 2.19. The van der Waals surface area contributed by atoms with Gasteiger partial charge in [0, 0.05) is 12.2 Å². The van der Waals surface area contributed by atoms with E-state index in [1.165, 1.54) is 0 Å². The summed E-state index contributed by atoms with van der Waals surface area (Å²) in [5.74, 6) is -0.551. The topological polar surface area (TPSA) is 124 Å². The van der Waals surface area contributed by atoms with Gasteiger partial charge in [-0.15, -0.1) is 6.42 Å². The lowest BCUT2D eigenvalue weighted by molar-refractivity contribution is -0.192. The van der Waals surface area contributed by atoms with Gasteiger partial charge in [0.05, 0.1) is 23.0 Å². The number of anilines is 1. The van der Waals surface area contributed by atoms with Crippen LogP contribution in [-0.2, 0) is 11.3 Å². The third kappa shape index (κ3) is 6.83. The van der Waals surface area contributed by atoms with E-state index in [9.17, 15) is 22.8 Å². The molecule has 3 rings (SSSR count). The monoisotopic (exact) mass is 461 g/mol. The maximum atomic E-state index is 12.1. The molecule has 0 unspecified atom stereocenters. The van der Waals surface area contributed by atoms with Gasteiger partial charge in [-0.25, -0.2) is 14.6 Å². The maximum Gasteiger partial charge on any atom is 0.490 e. The molecule has 1 aromatic heterocycles. The number of aryl methyl sites for hydroxylation is 1. The minimum absolute atomic E-state index is 0.177. The second-order valence-electron chi connectivity index (χ2n) is 6.72. The second-order valence-corrected chi connectivity index (χ2v) is 6.72. The number of H-pyrrole nitrogens is 1. The Bertz CT molecular complexity index is 1260. The molecular weight excluding hydrogens is 443 g/mol. The minimum Gasteiger partial charge on any atom is -0.478 e. The molecular formula is C22H18F3N3O5. The summed E-state index contributed by atoms with van der Waals surface area (Å²) in [6, 6.07) is 12.0. The van der Waals surface area contributed by atoms with Crippen LogP contribution in [0.15, 0.2) is 47.3 Å². The van der Waals surface area contributed by atoms with Crippen LogP contribution >= 0.6 is 0 Å². The molecule has 0 fully saturated rings. The number of carboxylic acid groups (broad SMARTS) is 2. The molecule has 1 heterocycles. The normalized spacial score (nSPS) is 10.6. The molecule has 3 aromatic rings. The third-order valence-electron chi connectivity index (χ3n) is 4.27. The SMILES string of the molecule is C#CCN(Cc1ccc2nc(C)[nH]c(=O)c2c1)c1ccc(C(=O)O)cc1.O=C(O)C(F)(F)F. The van der Waals surface area contributed by atoms with Crippen molar-refractivity contribution in [3.05, 3.63) is 69.8 Å². The smallest absolute Gasteiger partial charge is 0.478 e. The molecule has 8 nitrogen and oxygen atoms in total. The van der Waals surface area contributed by atoms with Crippen molar-refractivity contribution >= 4 is 28.5 Å². The molecule has 2 aromatic carbocycles. The largest absolute Gasteiger partial charge is 0.490 e. The number of hydrogen-bond donors (Lipinski definition) is 3. The number of alkyl halides is 3. The highest BCUT2D eigenvalue weighted by atomic mass is 19.4. The van der Waals surface area contributed by atoms with E-state index in [1.54, 1.807) is 37.3 Å². The second kappa shape index (κ2) is 10.3. The standard InChI is InChI=1S/C20H17N3O3.C2HF3O2/c1-3-10-23(16-7-5-15(6-8-16)20(25)26)12-14-4-9-18-17(11-14)19(24)22-13(2)21-18;3-2(4,5)1(6)7/h1,4-9,11H,10,12H2,2H3,(H,25,26)(H,21,22,24);(H,6,7). The summed E-state index contributed by atoms with van der Waals surface area (Å²) in [6.45, 7) is 2.58. The van der Waals surface area contributed by atoms with E-state index in [1.807, 2.05) is 17.0 Å². The van der Waals surface area contributed by atoms with Crippen molar-refractivity contribution < 1.29 is 33.0 Å². The van der Waals surface area contributed by atoms with Crippen molar-refractivity contribution in [3.63, 3.8) is 0 Å². The molecule has 172 valence electrons. The van der Waals surface area contributed by atoms with Gasteiger partial charge in [-0.3, -0.25) is 4.79 Å². The number of nitrogens with one attached hydrogen (secondary N) is 1. The van der Waals surface area contributed by atoms with Gasteiger partial charge in [0.25, 0.3) is 5.56 Å². The molecule has 0 radical (unpaired) electrons. The number of aromatic nitrogens is 2. The van der Waals surface area contributed by atoms with Crippen LogP contribution < -0.4 is 10.5 Å². The van der Waals surface area contributed by atoms with Gasteiger partial charge in [-0.1, -0.05) is 12.0 Å². The maximum absolute atomic E-state index is 12.1. The van der Waals surface area contributed by atoms with Crippen LogP contribution in [0.4, 0.5) is 18.9 Å². The van der Waals surface area contributed by atoms with Crippen molar-refractivity contribution in [2.45, 2.75) is 19.6 Å². The van der Waals surface area contributed by atoms with E-state index in [0.717, 1.165) is 11.3 Å². The predicted octanol–water partition coefficient (Wildman–Crippen LogP) is 3.20. The summed E-state index contributed by atoms with van der Waals surface area (Å²) >= 11 is 0. The van der Waals surface area contributed by atoms with Gasteiger partial charge >= 0.3 is 18.1 Å². The van der Waals surface area contributed by atoms with E-state index < -0.39 is 18.1 Å². The number of hydrogen-bond acceptors (Lipinski definition) is 5. The lowest BCUT2D eigenvalue weighted by Gasteiger charge is -2.23. The number of aliphatic carboxylic acids is 1. The number of carboxylic acids is 2. The van der Waals surface area contributed by atoms with Crippen molar-refractivity contribution in [2.24, 2.45) is 0 Å². The van der Waals surface area contributed by atoms with Gasteiger partial charge in [0.1, 0.15) is 5.82 Å². The molecule has 0 amide bonds. The Morgan fingerprint density at radius 3 is 2.27 bits per heavy atom. The average molecular weight is 461 g/mol. The van der Waals surface area contributed by atoms with Crippen LogP contribution in [-0.4, -0.2) is 44.8 Å². The number of nitrogens with zero attached hydrogens (tertiary/aromatic N) is 2. The highest BCUT2D eigenvalue weighted by Gasteiger charge is 2.38. The number of benzene rings is 2. The zero-order chi connectivity index (χ0) is 24.8. The Labute approximate surface area is 185 Å². The van der Waals surface area contributed by atoms with Crippen LogP contribution in [0.5, 0.6) is 0 Å². The van der Waals surface area contributed by atoms with Crippen LogP contribution in [0.3, 0.4) is 0 Å². The third-order valence-corrected chi connectivity index (χ3v) is 4.27. The molecule has 0 atom stereocenters. The number of rotatable bonds is 5. The molecule has 3 N–H and O–H groups in total. The summed E-state index contributed by atoms with van der Waals surface area (Å²) in [5, 5.41) is 16.7. The van der Waals surface area contributed by atoms with Crippen LogP contribution in [0.1, 0.15) is 21.7 Å². The lowest BCUT2D eigenvalue weighted by Crippen LogP contribution is -2.23. The first-order valence-corrected chi connectivity index (χ1v) is 9.23. The minimum atomic E-state index is -5.08. The Hall–Kier alpha value is -4.33. The summed E-state index contributed by atoms with van der Waals surface area (Å²) in [6.07, 6.45) is 0.396. The highest BCUT2D eigenvalue weighted by molar-refractivity contribution is 5.88. The summed E-state index contributed by atoms with van der Waals surface area (Å²) in [5.41, 5.74) is 2.40. The average Bonchev–Trinajstić information content (AvgIpc) is 2.73. The van der Waals surface area contributed by atoms with Crippen LogP contribution in [0.2, 0.25) is 0 Å². The molecule has 0 bridgehead atoms. The molecule has 0 aliphatic heterocycles.